The van der Waals surface area contributed by atoms with Crippen LogP contribution in [0, 0.1) is 0 Å². The van der Waals surface area contributed by atoms with Crippen molar-refractivity contribution in [1.82, 2.24) is 14.6 Å². The molecule has 0 radical (unpaired) electrons. The van der Waals surface area contributed by atoms with Crippen molar-refractivity contribution >= 4 is 10.0 Å². The molecule has 0 bridgehead atoms. The molecule has 108 valence electrons. The predicted molar refractivity (Wildman–Crippen MR) is 72.5 cm³/mol. The van der Waals surface area contributed by atoms with E-state index >= 15 is 0 Å². The Balaban J connectivity index is 2.17. The largest absolute Gasteiger partial charge is 0.383 e. The zero-order chi connectivity index (χ0) is 13.9. The number of hydrogen-bond donors (Lipinski definition) is 2. The third kappa shape index (κ3) is 3.56. The molecular weight excluding hydrogens is 266 g/mol. The first-order valence-electron chi connectivity index (χ1n) is 6.42. The number of hydrogen-bond acceptors (Lipinski definition) is 4. The van der Waals surface area contributed by atoms with Gasteiger partial charge in [-0.15, -0.1) is 0 Å². The first-order chi connectivity index (χ1) is 9.08. The number of nitrogens with one attached hydrogen (secondary N) is 2. The van der Waals surface area contributed by atoms with Crippen LogP contribution >= 0.6 is 0 Å². The van der Waals surface area contributed by atoms with Gasteiger partial charge in [-0.1, -0.05) is 0 Å². The van der Waals surface area contributed by atoms with E-state index in [1.165, 1.54) is 0 Å². The molecule has 0 unspecified atom stereocenters. The normalized spacial score (nSPS) is 15.9. The smallest absolute Gasteiger partial charge is 0.242 e. The van der Waals surface area contributed by atoms with Gasteiger partial charge in [-0.05, 0) is 26.0 Å². The van der Waals surface area contributed by atoms with E-state index in [9.17, 15) is 8.42 Å². The van der Waals surface area contributed by atoms with Crippen molar-refractivity contribution in [2.75, 3.05) is 27.3 Å². The van der Waals surface area contributed by atoms with Crippen LogP contribution in [0.3, 0.4) is 0 Å². The van der Waals surface area contributed by atoms with Crippen LogP contribution in [0.15, 0.2) is 17.2 Å². The molecule has 1 aromatic heterocycles. The van der Waals surface area contributed by atoms with Crippen molar-refractivity contribution in [3.8, 4) is 0 Å². The summed E-state index contributed by atoms with van der Waals surface area (Å²) in [5, 5.41) is 3.07. The Morgan fingerprint density at radius 1 is 1.47 bits per heavy atom. The van der Waals surface area contributed by atoms with Crippen molar-refractivity contribution in [2.24, 2.45) is 0 Å². The van der Waals surface area contributed by atoms with Gasteiger partial charge in [-0.25, -0.2) is 13.1 Å². The lowest BCUT2D eigenvalue weighted by Crippen LogP contribution is -2.26. The second kappa shape index (κ2) is 6.04. The van der Waals surface area contributed by atoms with Gasteiger partial charge in [-0.2, -0.15) is 0 Å². The lowest BCUT2D eigenvalue weighted by atomic mass is 10.4. The molecule has 0 aromatic carbocycles. The highest BCUT2D eigenvalue weighted by Crippen LogP contribution is 2.37. The summed E-state index contributed by atoms with van der Waals surface area (Å²) >= 11 is 0. The number of sulfonamides is 1. The Labute approximate surface area is 114 Å². The SMILES string of the molecule is CNCc1cc(S(=O)(=O)NCCOC)cn1C1CC1. The van der Waals surface area contributed by atoms with E-state index in [0.717, 1.165) is 18.5 Å². The zero-order valence-electron chi connectivity index (χ0n) is 11.3. The van der Waals surface area contributed by atoms with Crippen molar-refractivity contribution < 1.29 is 13.2 Å². The molecule has 6 nitrogen and oxygen atoms in total. The van der Waals surface area contributed by atoms with Crippen LogP contribution in [0.4, 0.5) is 0 Å². The molecule has 1 heterocycles. The Morgan fingerprint density at radius 3 is 2.79 bits per heavy atom. The predicted octanol–water partition coefficient (Wildman–Crippen LogP) is 0.467. The summed E-state index contributed by atoms with van der Waals surface area (Å²) in [5.74, 6) is 0. The molecule has 0 saturated heterocycles. The van der Waals surface area contributed by atoms with Gasteiger partial charge < -0.3 is 14.6 Å². The van der Waals surface area contributed by atoms with Gasteiger partial charge in [0.2, 0.25) is 10.0 Å². The monoisotopic (exact) mass is 287 g/mol. The second-order valence-corrected chi connectivity index (χ2v) is 6.49. The molecule has 2 rings (SSSR count). The minimum Gasteiger partial charge on any atom is -0.383 e. The maximum atomic E-state index is 12.1. The fraction of sp³-hybridized carbons (Fsp3) is 0.667. The standard InChI is InChI=1S/C12H21N3O3S/c1-13-8-11-7-12(9-15(11)10-3-4-10)19(16,17)14-5-6-18-2/h7,9-10,13-14H,3-6,8H2,1-2H3. The lowest BCUT2D eigenvalue weighted by molar-refractivity contribution is 0.204. The van der Waals surface area contributed by atoms with Gasteiger partial charge in [0.15, 0.2) is 0 Å². The van der Waals surface area contributed by atoms with E-state index in [0.29, 0.717) is 24.1 Å². The third-order valence-corrected chi connectivity index (χ3v) is 4.54. The second-order valence-electron chi connectivity index (χ2n) is 4.73. The van der Waals surface area contributed by atoms with Crippen molar-refractivity contribution in [2.45, 2.75) is 30.3 Å². The molecule has 0 atom stereocenters. The van der Waals surface area contributed by atoms with E-state index in [-0.39, 0.29) is 6.54 Å². The molecular formula is C12H21N3O3S. The van der Waals surface area contributed by atoms with Gasteiger partial charge in [-0.3, -0.25) is 0 Å². The summed E-state index contributed by atoms with van der Waals surface area (Å²) < 4.78 is 33.7. The lowest BCUT2D eigenvalue weighted by Gasteiger charge is -2.05. The summed E-state index contributed by atoms with van der Waals surface area (Å²) in [6.45, 7) is 1.32. The fourth-order valence-electron chi connectivity index (χ4n) is 2.02. The van der Waals surface area contributed by atoms with Crippen molar-refractivity contribution in [3.63, 3.8) is 0 Å². The highest BCUT2D eigenvalue weighted by Gasteiger charge is 2.27. The average molecular weight is 287 g/mol. The molecule has 7 heteroatoms. The average Bonchev–Trinajstić information content (AvgIpc) is 3.11. The maximum Gasteiger partial charge on any atom is 0.242 e. The Hall–Kier alpha value is -0.890. The first-order valence-corrected chi connectivity index (χ1v) is 7.90. The molecule has 0 amide bonds. The Morgan fingerprint density at radius 2 is 2.21 bits per heavy atom. The highest BCUT2D eigenvalue weighted by molar-refractivity contribution is 7.89. The first kappa shape index (κ1) is 14.5. The molecule has 2 N–H and O–H groups in total. The zero-order valence-corrected chi connectivity index (χ0v) is 12.2. The van der Waals surface area contributed by atoms with E-state index in [2.05, 4.69) is 14.6 Å². The van der Waals surface area contributed by atoms with Gasteiger partial charge >= 0.3 is 0 Å². The number of aromatic nitrogens is 1. The number of ether oxygens (including phenoxy) is 1. The summed E-state index contributed by atoms with van der Waals surface area (Å²) in [7, 11) is -0.0359. The van der Waals surface area contributed by atoms with Crippen LogP contribution in [-0.2, 0) is 21.3 Å². The number of methoxy groups -OCH3 is 1. The van der Waals surface area contributed by atoms with Crippen LogP contribution in [0.2, 0.25) is 0 Å². The third-order valence-electron chi connectivity index (χ3n) is 3.11. The molecule has 1 saturated carbocycles. The number of rotatable bonds is 8. The molecule has 1 fully saturated rings. The highest BCUT2D eigenvalue weighted by atomic mass is 32.2. The molecule has 19 heavy (non-hydrogen) atoms. The van der Waals surface area contributed by atoms with E-state index < -0.39 is 10.0 Å². The minimum atomic E-state index is -3.44. The van der Waals surface area contributed by atoms with E-state index in [1.54, 1.807) is 19.4 Å². The summed E-state index contributed by atoms with van der Waals surface area (Å²) in [6, 6.07) is 2.20. The molecule has 1 aromatic rings. The van der Waals surface area contributed by atoms with Crippen LogP contribution < -0.4 is 10.0 Å². The van der Waals surface area contributed by atoms with Gasteiger partial charge in [0.05, 0.1) is 11.5 Å². The summed E-state index contributed by atoms with van der Waals surface area (Å²) in [5.41, 5.74) is 1.01. The molecule has 0 aliphatic heterocycles. The van der Waals surface area contributed by atoms with Crippen LogP contribution in [0.5, 0.6) is 0 Å². The van der Waals surface area contributed by atoms with Crippen LogP contribution in [0.25, 0.3) is 0 Å². The summed E-state index contributed by atoms with van der Waals surface area (Å²) in [6.07, 6.45) is 3.99. The summed E-state index contributed by atoms with van der Waals surface area (Å²) in [4.78, 5) is 0.334. The topological polar surface area (TPSA) is 72.4 Å². The van der Waals surface area contributed by atoms with Crippen molar-refractivity contribution in [1.29, 1.82) is 0 Å². The minimum absolute atomic E-state index is 0.287. The Bertz CT molecular complexity index is 520. The van der Waals surface area contributed by atoms with Gasteiger partial charge in [0.1, 0.15) is 0 Å². The maximum absolute atomic E-state index is 12.1. The van der Waals surface area contributed by atoms with Crippen LogP contribution in [0.1, 0.15) is 24.6 Å². The van der Waals surface area contributed by atoms with Gasteiger partial charge in [0.25, 0.3) is 0 Å². The van der Waals surface area contributed by atoms with E-state index in [1.807, 2.05) is 7.05 Å². The molecule has 1 aliphatic rings. The Kier molecular flexibility index (Phi) is 4.62. The van der Waals surface area contributed by atoms with Gasteiger partial charge in [0, 0.05) is 38.1 Å². The fourth-order valence-corrected chi connectivity index (χ4v) is 3.08. The molecule has 1 aliphatic carbocycles. The quantitative estimate of drug-likeness (QED) is 0.682. The molecule has 0 spiro atoms. The van der Waals surface area contributed by atoms with Crippen molar-refractivity contribution in [3.05, 3.63) is 18.0 Å². The van der Waals surface area contributed by atoms with Crippen LogP contribution in [-0.4, -0.2) is 40.3 Å². The van der Waals surface area contributed by atoms with E-state index in [4.69, 9.17) is 4.74 Å². The number of nitrogens with zero attached hydrogens (tertiary/aromatic N) is 1.